The average Bonchev–Trinajstić information content (AvgIpc) is 2.39. The second-order valence-corrected chi connectivity index (χ2v) is 4.90. The maximum Gasteiger partial charge on any atom is 0.343 e. The largest absolute Gasteiger partial charge is 0.506 e. The molecule has 106 valence electrons. The highest BCUT2D eigenvalue weighted by molar-refractivity contribution is 5.95. The Kier molecular flexibility index (Phi) is 3.53. The van der Waals surface area contributed by atoms with Gasteiger partial charge in [0.25, 0.3) is 0 Å². The van der Waals surface area contributed by atoms with Crippen molar-refractivity contribution >= 4 is 5.97 Å². The molecular formula is C15H16O5. The van der Waals surface area contributed by atoms with E-state index in [-0.39, 0.29) is 11.5 Å². The molecule has 1 heterocycles. The van der Waals surface area contributed by atoms with Gasteiger partial charge in [-0.05, 0) is 30.5 Å². The maximum absolute atomic E-state index is 11.8. The Bertz CT molecular complexity index is 698. The predicted octanol–water partition coefficient (Wildman–Crippen LogP) is 2.97. The molecule has 0 spiro atoms. The highest BCUT2D eigenvalue weighted by Gasteiger charge is 2.24. The summed E-state index contributed by atoms with van der Waals surface area (Å²) in [4.78, 5) is 22.8. The Morgan fingerprint density at radius 1 is 1.40 bits per heavy atom. The highest BCUT2D eigenvalue weighted by atomic mass is 16.4. The zero-order chi connectivity index (χ0) is 15.0. The molecule has 1 aliphatic heterocycles. The van der Waals surface area contributed by atoms with Gasteiger partial charge in [0.2, 0.25) is 0 Å². The summed E-state index contributed by atoms with van der Waals surface area (Å²) in [5, 5.41) is 18.9. The molecule has 0 fully saturated rings. The van der Waals surface area contributed by atoms with Crippen LogP contribution in [-0.4, -0.2) is 16.2 Å². The summed E-state index contributed by atoms with van der Waals surface area (Å²) in [6.45, 7) is 5.82. The third-order valence-corrected chi connectivity index (χ3v) is 3.66. The molecule has 2 aliphatic rings. The second-order valence-electron chi connectivity index (χ2n) is 4.90. The molecule has 5 nitrogen and oxygen atoms in total. The SMILES string of the molecule is CC[C@@H](C)c1occ2c(O)c(C(=O)O)c(=O)cc-2c1C. The van der Waals surface area contributed by atoms with E-state index in [4.69, 9.17) is 9.52 Å². The van der Waals surface area contributed by atoms with Gasteiger partial charge >= 0.3 is 5.97 Å². The van der Waals surface area contributed by atoms with Crippen molar-refractivity contribution in [2.24, 2.45) is 0 Å². The third kappa shape index (κ3) is 2.05. The smallest absolute Gasteiger partial charge is 0.343 e. The van der Waals surface area contributed by atoms with E-state index >= 15 is 0 Å². The number of rotatable bonds is 3. The molecule has 2 rings (SSSR count). The Balaban J connectivity index is 2.82. The standard InChI is InChI=1S/C15H16O5/c1-4-7(2)14-8(3)9-5-11(16)12(15(18)19)13(17)10(9)6-20-14/h5-7,17H,4H2,1-3H3,(H,18,19)/t7-/m1/s1. The van der Waals surface area contributed by atoms with Crippen LogP contribution >= 0.6 is 0 Å². The van der Waals surface area contributed by atoms with Crippen LogP contribution in [0, 0.1) is 6.92 Å². The van der Waals surface area contributed by atoms with Crippen molar-refractivity contribution in [2.75, 3.05) is 0 Å². The van der Waals surface area contributed by atoms with Crippen molar-refractivity contribution in [3.05, 3.63) is 39.4 Å². The van der Waals surface area contributed by atoms with Crippen LogP contribution < -0.4 is 5.43 Å². The van der Waals surface area contributed by atoms with E-state index < -0.39 is 22.7 Å². The highest BCUT2D eigenvalue weighted by Crippen LogP contribution is 2.38. The van der Waals surface area contributed by atoms with E-state index in [1.165, 1.54) is 12.3 Å². The van der Waals surface area contributed by atoms with Crippen molar-refractivity contribution in [1.82, 2.24) is 0 Å². The number of fused-ring (bicyclic) bond motifs is 1. The number of hydrogen-bond acceptors (Lipinski definition) is 4. The number of phenols is 1. The van der Waals surface area contributed by atoms with Gasteiger partial charge in [0.15, 0.2) is 5.43 Å². The van der Waals surface area contributed by atoms with Crippen molar-refractivity contribution < 1.29 is 19.4 Å². The normalized spacial score (nSPS) is 12.6. The van der Waals surface area contributed by atoms with Crippen LogP contribution in [0.3, 0.4) is 0 Å². The minimum Gasteiger partial charge on any atom is -0.506 e. The summed E-state index contributed by atoms with van der Waals surface area (Å²) in [6.07, 6.45) is 2.18. The number of aromatic carboxylic acids is 1. The fraction of sp³-hybridized carbons (Fsp3) is 0.333. The number of benzene rings is 1. The maximum atomic E-state index is 11.8. The molecular weight excluding hydrogens is 260 g/mol. The van der Waals surface area contributed by atoms with Crippen LogP contribution in [0.15, 0.2) is 21.5 Å². The zero-order valence-electron chi connectivity index (χ0n) is 11.6. The fourth-order valence-corrected chi connectivity index (χ4v) is 2.31. The van der Waals surface area contributed by atoms with Crippen molar-refractivity contribution in [3.63, 3.8) is 0 Å². The number of aromatic hydroxyl groups is 1. The fourth-order valence-electron chi connectivity index (χ4n) is 2.31. The lowest BCUT2D eigenvalue weighted by atomic mass is 9.92. The van der Waals surface area contributed by atoms with Gasteiger partial charge < -0.3 is 14.6 Å². The monoisotopic (exact) mass is 276 g/mol. The molecule has 0 amide bonds. The van der Waals surface area contributed by atoms with Gasteiger partial charge in [-0.15, -0.1) is 0 Å². The van der Waals surface area contributed by atoms with Gasteiger partial charge in [0.1, 0.15) is 23.3 Å². The number of hydrogen-bond donors (Lipinski definition) is 2. The van der Waals surface area contributed by atoms with Gasteiger partial charge in [-0.25, -0.2) is 4.79 Å². The molecule has 5 heteroatoms. The lowest BCUT2D eigenvalue weighted by Crippen LogP contribution is -2.15. The minimum atomic E-state index is -1.45. The topological polar surface area (TPSA) is 87.7 Å². The molecule has 1 aliphatic carbocycles. The minimum absolute atomic E-state index is 0.177. The van der Waals surface area contributed by atoms with Crippen LogP contribution in [0.1, 0.15) is 47.9 Å². The van der Waals surface area contributed by atoms with Gasteiger partial charge in [0, 0.05) is 5.92 Å². The van der Waals surface area contributed by atoms with Gasteiger partial charge in [-0.3, -0.25) is 4.79 Å². The summed E-state index contributed by atoms with van der Waals surface area (Å²) in [6, 6.07) is 1.25. The van der Waals surface area contributed by atoms with E-state index in [2.05, 4.69) is 0 Å². The molecule has 0 aromatic carbocycles. The predicted molar refractivity (Wildman–Crippen MR) is 73.7 cm³/mol. The molecule has 20 heavy (non-hydrogen) atoms. The van der Waals surface area contributed by atoms with Crippen LogP contribution in [0.4, 0.5) is 0 Å². The molecule has 0 saturated carbocycles. The average molecular weight is 276 g/mol. The lowest BCUT2D eigenvalue weighted by Gasteiger charge is -2.17. The summed E-state index contributed by atoms with van der Waals surface area (Å²) in [5.41, 5.74) is 0.196. The number of carbonyl (C=O) groups is 1. The van der Waals surface area contributed by atoms with Crippen LogP contribution in [-0.2, 0) is 0 Å². The van der Waals surface area contributed by atoms with Crippen LogP contribution in [0.25, 0.3) is 11.1 Å². The van der Waals surface area contributed by atoms with Crippen molar-refractivity contribution in [3.8, 4) is 16.9 Å². The van der Waals surface area contributed by atoms with Crippen LogP contribution in [0.5, 0.6) is 5.75 Å². The van der Waals surface area contributed by atoms with E-state index in [0.717, 1.165) is 17.7 Å². The first-order valence-electron chi connectivity index (χ1n) is 6.39. The molecule has 0 aromatic heterocycles. The van der Waals surface area contributed by atoms with E-state index in [0.29, 0.717) is 5.56 Å². The van der Waals surface area contributed by atoms with Crippen molar-refractivity contribution in [1.29, 1.82) is 0 Å². The first kappa shape index (κ1) is 14.1. The Morgan fingerprint density at radius 3 is 2.60 bits per heavy atom. The Hall–Kier alpha value is -2.30. The van der Waals surface area contributed by atoms with Gasteiger partial charge in [-0.1, -0.05) is 13.8 Å². The number of carboxylic acids is 1. The molecule has 2 N–H and O–H groups in total. The third-order valence-electron chi connectivity index (χ3n) is 3.66. The van der Waals surface area contributed by atoms with Crippen molar-refractivity contribution in [2.45, 2.75) is 33.1 Å². The zero-order valence-corrected chi connectivity index (χ0v) is 11.6. The molecule has 0 aromatic rings. The number of carboxylic acid groups (broad SMARTS) is 1. The summed E-state index contributed by atoms with van der Waals surface area (Å²) in [7, 11) is 0. The van der Waals surface area contributed by atoms with E-state index in [1.54, 1.807) is 6.92 Å². The van der Waals surface area contributed by atoms with Crippen LogP contribution in [0.2, 0.25) is 0 Å². The quantitative estimate of drug-likeness (QED) is 0.899. The first-order valence-corrected chi connectivity index (χ1v) is 6.39. The van der Waals surface area contributed by atoms with Gasteiger partial charge in [0.05, 0.1) is 5.56 Å². The first-order chi connectivity index (χ1) is 9.38. The Morgan fingerprint density at radius 2 is 2.05 bits per heavy atom. The second kappa shape index (κ2) is 5.00. The van der Waals surface area contributed by atoms with Gasteiger partial charge in [-0.2, -0.15) is 0 Å². The molecule has 0 radical (unpaired) electrons. The van der Waals surface area contributed by atoms with E-state index in [9.17, 15) is 14.7 Å². The summed E-state index contributed by atoms with van der Waals surface area (Å²) in [5.74, 6) is -1.07. The molecule has 0 unspecified atom stereocenters. The summed E-state index contributed by atoms with van der Waals surface area (Å²) >= 11 is 0. The molecule has 1 atom stereocenters. The van der Waals surface area contributed by atoms with E-state index in [1.807, 2.05) is 13.8 Å². The lowest BCUT2D eigenvalue weighted by molar-refractivity contribution is 0.0692. The Labute approximate surface area is 115 Å². The summed E-state index contributed by atoms with van der Waals surface area (Å²) < 4.78 is 5.52. The molecule has 0 saturated heterocycles. The molecule has 0 bridgehead atoms.